The van der Waals surface area contributed by atoms with E-state index in [1.807, 2.05) is 36.9 Å². The number of hydrogen-bond acceptors (Lipinski definition) is 4. The predicted molar refractivity (Wildman–Crippen MR) is 109 cm³/mol. The van der Waals surface area contributed by atoms with Crippen LogP contribution in [0.3, 0.4) is 0 Å². The molecule has 0 saturated carbocycles. The molecule has 3 heterocycles. The number of rotatable bonds is 4. The molecule has 1 aromatic carbocycles. The summed E-state index contributed by atoms with van der Waals surface area (Å²) in [5.74, 6) is 1.06. The summed E-state index contributed by atoms with van der Waals surface area (Å²) in [6.45, 7) is 5.22. The van der Waals surface area contributed by atoms with Crippen molar-refractivity contribution in [1.82, 2.24) is 10.2 Å². The zero-order valence-corrected chi connectivity index (χ0v) is 17.0. The van der Waals surface area contributed by atoms with Crippen LogP contribution in [-0.2, 0) is 4.79 Å². The van der Waals surface area contributed by atoms with E-state index in [1.165, 1.54) is 12.5 Å². The Bertz CT molecular complexity index is 867. The number of fused-ring (bicyclic) bond motifs is 1. The number of benzene rings is 1. The van der Waals surface area contributed by atoms with E-state index in [1.54, 1.807) is 6.07 Å². The second-order valence-corrected chi connectivity index (χ2v) is 8.45. The first kappa shape index (κ1) is 19.6. The molecule has 1 saturated heterocycles. The minimum Gasteiger partial charge on any atom is -0.487 e. The highest BCUT2D eigenvalue weighted by molar-refractivity contribution is 5.93. The van der Waals surface area contributed by atoms with Gasteiger partial charge in [0.2, 0.25) is 5.91 Å². The Morgan fingerprint density at radius 1 is 1.21 bits per heavy atom. The zero-order valence-electron chi connectivity index (χ0n) is 17.0. The molecule has 2 aliphatic heterocycles. The molecule has 0 bridgehead atoms. The van der Waals surface area contributed by atoms with Crippen molar-refractivity contribution in [3.05, 3.63) is 54.0 Å². The van der Waals surface area contributed by atoms with Gasteiger partial charge in [0.05, 0.1) is 11.8 Å². The van der Waals surface area contributed by atoms with Gasteiger partial charge in [-0.3, -0.25) is 9.59 Å². The van der Waals surface area contributed by atoms with Crippen LogP contribution in [0.4, 0.5) is 0 Å². The van der Waals surface area contributed by atoms with E-state index in [2.05, 4.69) is 11.4 Å². The molecule has 29 heavy (non-hydrogen) atoms. The molecule has 2 aromatic rings. The fourth-order valence-electron chi connectivity index (χ4n) is 4.52. The monoisotopic (exact) mass is 396 g/mol. The van der Waals surface area contributed by atoms with E-state index in [9.17, 15) is 9.59 Å². The van der Waals surface area contributed by atoms with Gasteiger partial charge in [-0.2, -0.15) is 0 Å². The van der Waals surface area contributed by atoms with Gasteiger partial charge in [0, 0.05) is 44.3 Å². The van der Waals surface area contributed by atoms with Crippen LogP contribution >= 0.6 is 0 Å². The van der Waals surface area contributed by atoms with E-state index >= 15 is 0 Å². The van der Waals surface area contributed by atoms with Gasteiger partial charge in [-0.25, -0.2) is 0 Å². The van der Waals surface area contributed by atoms with Gasteiger partial charge in [0.1, 0.15) is 17.6 Å². The summed E-state index contributed by atoms with van der Waals surface area (Å²) in [5, 5.41) is 3.01. The molecule has 6 nitrogen and oxygen atoms in total. The van der Waals surface area contributed by atoms with E-state index in [0.717, 1.165) is 30.6 Å². The molecule has 1 atom stereocenters. The second-order valence-electron chi connectivity index (χ2n) is 8.45. The minimum atomic E-state index is -0.329. The van der Waals surface area contributed by atoms with Crippen LogP contribution in [-0.4, -0.2) is 41.4 Å². The van der Waals surface area contributed by atoms with Crippen LogP contribution in [0.25, 0.3) is 0 Å². The van der Waals surface area contributed by atoms with E-state index in [4.69, 9.17) is 9.15 Å². The molecule has 1 fully saturated rings. The Balaban J connectivity index is 1.49. The van der Waals surface area contributed by atoms with Crippen LogP contribution < -0.4 is 10.1 Å². The van der Waals surface area contributed by atoms with Crippen molar-refractivity contribution in [2.24, 2.45) is 0 Å². The SMILES string of the molecule is CC(C)NC(=O)CC1CC2(CCN(C(=O)c3ccoc3)CC2)Oc2ccccc21. The number of amides is 2. The van der Waals surface area contributed by atoms with E-state index in [0.29, 0.717) is 25.1 Å². The molecular weight excluding hydrogens is 368 g/mol. The number of hydrogen-bond donors (Lipinski definition) is 1. The first-order valence-corrected chi connectivity index (χ1v) is 10.3. The summed E-state index contributed by atoms with van der Waals surface area (Å²) in [5.41, 5.74) is 1.36. The van der Waals surface area contributed by atoms with Crippen LogP contribution in [0.5, 0.6) is 5.75 Å². The maximum Gasteiger partial charge on any atom is 0.257 e. The number of nitrogens with zero attached hydrogens (tertiary/aromatic N) is 1. The average Bonchev–Trinajstić information content (AvgIpc) is 3.22. The number of para-hydroxylation sites is 1. The summed E-state index contributed by atoms with van der Waals surface area (Å²) in [6, 6.07) is 9.85. The van der Waals surface area contributed by atoms with Gasteiger partial charge in [-0.1, -0.05) is 18.2 Å². The fourth-order valence-corrected chi connectivity index (χ4v) is 4.52. The fraction of sp³-hybridized carbons (Fsp3) is 0.478. The smallest absolute Gasteiger partial charge is 0.257 e. The third kappa shape index (κ3) is 4.16. The van der Waals surface area contributed by atoms with Crippen LogP contribution in [0.15, 0.2) is 47.3 Å². The van der Waals surface area contributed by atoms with Crippen molar-refractivity contribution in [1.29, 1.82) is 0 Å². The van der Waals surface area contributed by atoms with Gasteiger partial charge in [0.15, 0.2) is 0 Å². The first-order valence-electron chi connectivity index (χ1n) is 10.3. The summed E-state index contributed by atoms with van der Waals surface area (Å²) in [6.07, 6.45) is 5.78. The molecule has 0 aliphatic carbocycles. The number of furan rings is 1. The van der Waals surface area contributed by atoms with E-state index < -0.39 is 0 Å². The number of piperidine rings is 1. The molecule has 154 valence electrons. The van der Waals surface area contributed by atoms with Gasteiger partial charge < -0.3 is 19.4 Å². The van der Waals surface area contributed by atoms with Gasteiger partial charge in [0.25, 0.3) is 5.91 Å². The molecule has 1 N–H and O–H groups in total. The highest BCUT2D eigenvalue weighted by Gasteiger charge is 2.44. The maximum atomic E-state index is 12.6. The third-order valence-corrected chi connectivity index (χ3v) is 5.92. The number of ether oxygens (including phenoxy) is 1. The molecule has 1 aromatic heterocycles. The summed E-state index contributed by atoms with van der Waals surface area (Å²) < 4.78 is 11.5. The number of carbonyl (C=O) groups is 2. The lowest BCUT2D eigenvalue weighted by atomic mass is 9.76. The number of nitrogens with one attached hydrogen (secondary N) is 1. The second kappa shape index (κ2) is 7.93. The standard InChI is InChI=1S/C23H28N2O4/c1-16(2)24-21(26)13-18-14-23(29-20-6-4-3-5-19(18)20)8-10-25(11-9-23)22(27)17-7-12-28-15-17/h3-7,12,15-16,18H,8-11,13-14H2,1-2H3,(H,24,26). The van der Waals surface area contributed by atoms with E-state index in [-0.39, 0.29) is 29.4 Å². The lowest BCUT2D eigenvalue weighted by molar-refractivity contribution is -0.122. The Morgan fingerprint density at radius 2 is 1.97 bits per heavy atom. The molecular formula is C23H28N2O4. The Morgan fingerprint density at radius 3 is 2.66 bits per heavy atom. The molecule has 0 radical (unpaired) electrons. The maximum absolute atomic E-state index is 12.6. The molecule has 2 aliphatic rings. The Kier molecular flexibility index (Phi) is 5.35. The average molecular weight is 396 g/mol. The van der Waals surface area contributed by atoms with Gasteiger partial charge in [-0.15, -0.1) is 0 Å². The largest absolute Gasteiger partial charge is 0.487 e. The Hall–Kier alpha value is -2.76. The summed E-state index contributed by atoms with van der Waals surface area (Å²) in [7, 11) is 0. The molecule has 2 amide bonds. The van der Waals surface area contributed by atoms with Crippen molar-refractivity contribution >= 4 is 11.8 Å². The third-order valence-electron chi connectivity index (χ3n) is 5.92. The minimum absolute atomic E-state index is 0.00216. The van der Waals surface area contributed by atoms with Crippen molar-refractivity contribution in [2.45, 2.75) is 57.1 Å². The highest BCUT2D eigenvalue weighted by Crippen LogP contribution is 2.46. The summed E-state index contributed by atoms with van der Waals surface area (Å²) >= 11 is 0. The predicted octanol–water partition coefficient (Wildman–Crippen LogP) is 3.74. The van der Waals surface area contributed by atoms with Crippen LogP contribution in [0, 0.1) is 0 Å². The number of likely N-dealkylation sites (tertiary alicyclic amines) is 1. The molecule has 6 heteroatoms. The quantitative estimate of drug-likeness (QED) is 0.855. The summed E-state index contributed by atoms with van der Waals surface area (Å²) in [4.78, 5) is 26.9. The van der Waals surface area contributed by atoms with Crippen molar-refractivity contribution in [3.8, 4) is 5.75 Å². The van der Waals surface area contributed by atoms with Crippen molar-refractivity contribution < 1.29 is 18.7 Å². The topological polar surface area (TPSA) is 71.8 Å². The van der Waals surface area contributed by atoms with Crippen LogP contribution in [0.1, 0.15) is 61.4 Å². The van der Waals surface area contributed by atoms with Gasteiger partial charge in [-0.05, 0) is 38.0 Å². The van der Waals surface area contributed by atoms with Crippen molar-refractivity contribution in [3.63, 3.8) is 0 Å². The lowest BCUT2D eigenvalue weighted by Gasteiger charge is -2.47. The molecule has 1 spiro atoms. The molecule has 1 unspecified atom stereocenters. The number of carbonyl (C=O) groups excluding carboxylic acids is 2. The van der Waals surface area contributed by atoms with Gasteiger partial charge >= 0.3 is 0 Å². The molecule has 4 rings (SSSR count). The van der Waals surface area contributed by atoms with Crippen LogP contribution in [0.2, 0.25) is 0 Å². The highest BCUT2D eigenvalue weighted by atomic mass is 16.5. The Labute approximate surface area is 171 Å². The normalized spacial score (nSPS) is 20.2. The lowest BCUT2D eigenvalue weighted by Crippen LogP contribution is -2.52. The van der Waals surface area contributed by atoms with Crippen molar-refractivity contribution in [2.75, 3.05) is 13.1 Å². The zero-order chi connectivity index (χ0) is 20.4. The first-order chi connectivity index (χ1) is 14.0.